The first-order valence-electron chi connectivity index (χ1n) is 4.22. The average Bonchev–Trinajstić information content (AvgIpc) is 2.74. The average molecular weight is 172 g/mol. The first-order valence-corrected chi connectivity index (χ1v) is 4.22. The van der Waals surface area contributed by atoms with Gasteiger partial charge >= 0.3 is 5.97 Å². The van der Waals surface area contributed by atoms with Gasteiger partial charge in [0.1, 0.15) is 0 Å². The molecule has 0 aromatic carbocycles. The van der Waals surface area contributed by atoms with Gasteiger partial charge in [0, 0.05) is 13.7 Å². The minimum absolute atomic E-state index is 0.0800. The summed E-state index contributed by atoms with van der Waals surface area (Å²) in [6, 6.07) is 0. The number of methoxy groups -OCH3 is 2. The molecular formula is C9H16O3. The molecule has 0 aromatic rings. The molecule has 0 heterocycles. The van der Waals surface area contributed by atoms with Crippen molar-refractivity contribution in [3.8, 4) is 0 Å². The SMILES string of the molecule is COCC[C@@H]1C[C@]1(C)C(=O)OC. The molecule has 0 saturated heterocycles. The number of carbonyl (C=O) groups is 1. The molecule has 0 unspecified atom stereocenters. The zero-order valence-corrected chi connectivity index (χ0v) is 7.92. The third-order valence-corrected chi connectivity index (χ3v) is 2.73. The molecule has 12 heavy (non-hydrogen) atoms. The highest BCUT2D eigenvalue weighted by molar-refractivity contribution is 5.79. The highest BCUT2D eigenvalue weighted by Crippen LogP contribution is 2.54. The zero-order chi connectivity index (χ0) is 9.19. The monoisotopic (exact) mass is 172 g/mol. The molecule has 0 aromatic heterocycles. The molecule has 1 saturated carbocycles. The van der Waals surface area contributed by atoms with Gasteiger partial charge in [-0.05, 0) is 25.7 Å². The van der Waals surface area contributed by atoms with Crippen LogP contribution in [0, 0.1) is 11.3 Å². The van der Waals surface area contributed by atoms with Gasteiger partial charge in [-0.15, -0.1) is 0 Å². The lowest BCUT2D eigenvalue weighted by molar-refractivity contribution is -0.147. The third-order valence-electron chi connectivity index (χ3n) is 2.73. The molecule has 3 nitrogen and oxygen atoms in total. The minimum atomic E-state index is -0.215. The maximum Gasteiger partial charge on any atom is 0.311 e. The fraction of sp³-hybridized carbons (Fsp3) is 0.889. The summed E-state index contributed by atoms with van der Waals surface area (Å²) >= 11 is 0. The lowest BCUT2D eigenvalue weighted by Gasteiger charge is -2.07. The van der Waals surface area contributed by atoms with Gasteiger partial charge in [0.25, 0.3) is 0 Å². The highest BCUT2D eigenvalue weighted by atomic mass is 16.5. The van der Waals surface area contributed by atoms with E-state index in [2.05, 4.69) is 0 Å². The van der Waals surface area contributed by atoms with Crippen molar-refractivity contribution in [2.24, 2.45) is 11.3 Å². The Bertz CT molecular complexity index is 179. The Morgan fingerprint density at radius 1 is 1.58 bits per heavy atom. The van der Waals surface area contributed by atoms with E-state index in [0.29, 0.717) is 5.92 Å². The number of rotatable bonds is 4. The Labute approximate surface area is 73.0 Å². The van der Waals surface area contributed by atoms with Crippen LogP contribution in [0.15, 0.2) is 0 Å². The molecular weight excluding hydrogens is 156 g/mol. The smallest absolute Gasteiger partial charge is 0.311 e. The van der Waals surface area contributed by atoms with Crippen molar-refractivity contribution in [1.29, 1.82) is 0 Å². The van der Waals surface area contributed by atoms with Crippen molar-refractivity contribution in [3.63, 3.8) is 0 Å². The summed E-state index contributed by atoms with van der Waals surface area (Å²) in [5.41, 5.74) is -0.215. The van der Waals surface area contributed by atoms with E-state index in [1.165, 1.54) is 7.11 Å². The second-order valence-electron chi connectivity index (χ2n) is 3.59. The standard InChI is InChI=1S/C9H16O3/c1-9(8(10)12-3)6-7(9)4-5-11-2/h7H,4-6H2,1-3H3/t7-,9+/m1/s1. The fourth-order valence-corrected chi connectivity index (χ4v) is 1.62. The van der Waals surface area contributed by atoms with Crippen molar-refractivity contribution in [3.05, 3.63) is 0 Å². The van der Waals surface area contributed by atoms with E-state index in [0.717, 1.165) is 19.4 Å². The van der Waals surface area contributed by atoms with E-state index >= 15 is 0 Å². The van der Waals surface area contributed by atoms with Gasteiger partial charge in [-0.1, -0.05) is 0 Å². The summed E-state index contributed by atoms with van der Waals surface area (Å²) in [5.74, 6) is 0.383. The number of esters is 1. The van der Waals surface area contributed by atoms with Crippen LogP contribution in [0.3, 0.4) is 0 Å². The largest absolute Gasteiger partial charge is 0.469 e. The first-order chi connectivity index (χ1) is 5.65. The van der Waals surface area contributed by atoms with Crippen LogP contribution in [0.25, 0.3) is 0 Å². The van der Waals surface area contributed by atoms with Crippen LogP contribution >= 0.6 is 0 Å². The zero-order valence-electron chi connectivity index (χ0n) is 7.92. The van der Waals surface area contributed by atoms with E-state index in [1.54, 1.807) is 7.11 Å². The topological polar surface area (TPSA) is 35.5 Å². The molecule has 1 rings (SSSR count). The maximum absolute atomic E-state index is 11.2. The molecule has 3 heteroatoms. The summed E-state index contributed by atoms with van der Waals surface area (Å²) in [6.45, 7) is 2.69. The number of carbonyl (C=O) groups excluding carboxylic acids is 1. The second kappa shape index (κ2) is 3.44. The molecule has 70 valence electrons. The van der Waals surface area contributed by atoms with Crippen LogP contribution < -0.4 is 0 Å². The molecule has 0 aliphatic heterocycles. The number of hydrogen-bond donors (Lipinski definition) is 0. The molecule has 1 aliphatic rings. The normalized spacial score (nSPS) is 33.1. The molecule has 1 aliphatic carbocycles. The van der Waals surface area contributed by atoms with Gasteiger partial charge in [-0.2, -0.15) is 0 Å². The summed E-state index contributed by atoms with van der Waals surface area (Å²) in [7, 11) is 3.12. The first kappa shape index (κ1) is 9.52. The molecule has 0 radical (unpaired) electrons. The molecule has 2 atom stereocenters. The Hall–Kier alpha value is -0.570. The van der Waals surface area contributed by atoms with Crippen molar-refractivity contribution in [2.75, 3.05) is 20.8 Å². The Balaban J connectivity index is 2.32. The van der Waals surface area contributed by atoms with Crippen LogP contribution in [0.4, 0.5) is 0 Å². The van der Waals surface area contributed by atoms with E-state index in [1.807, 2.05) is 6.92 Å². The lowest BCUT2D eigenvalue weighted by Crippen LogP contribution is -2.16. The van der Waals surface area contributed by atoms with Gasteiger partial charge in [-0.3, -0.25) is 4.79 Å². The quantitative estimate of drug-likeness (QED) is 0.598. The van der Waals surface area contributed by atoms with E-state index in [9.17, 15) is 4.79 Å². The second-order valence-corrected chi connectivity index (χ2v) is 3.59. The summed E-state index contributed by atoms with van der Waals surface area (Å²) < 4.78 is 9.65. The number of hydrogen-bond acceptors (Lipinski definition) is 3. The Morgan fingerprint density at radius 3 is 2.75 bits per heavy atom. The van der Waals surface area contributed by atoms with E-state index in [-0.39, 0.29) is 11.4 Å². The van der Waals surface area contributed by atoms with E-state index in [4.69, 9.17) is 9.47 Å². The fourth-order valence-electron chi connectivity index (χ4n) is 1.62. The highest BCUT2D eigenvalue weighted by Gasteiger charge is 2.56. The lowest BCUT2D eigenvalue weighted by atomic mass is 10.1. The van der Waals surface area contributed by atoms with Crippen LogP contribution in [0.2, 0.25) is 0 Å². The van der Waals surface area contributed by atoms with Gasteiger partial charge in [0.05, 0.1) is 12.5 Å². The predicted octanol–water partition coefficient (Wildman–Crippen LogP) is 1.22. The molecule has 1 fully saturated rings. The maximum atomic E-state index is 11.2. The molecule has 0 amide bonds. The molecule has 0 N–H and O–H groups in total. The van der Waals surface area contributed by atoms with Crippen molar-refractivity contribution >= 4 is 5.97 Å². The van der Waals surface area contributed by atoms with Crippen LogP contribution in [-0.4, -0.2) is 26.8 Å². The third kappa shape index (κ3) is 1.61. The molecule has 0 spiro atoms. The van der Waals surface area contributed by atoms with Crippen LogP contribution in [-0.2, 0) is 14.3 Å². The molecule has 0 bridgehead atoms. The van der Waals surface area contributed by atoms with Gasteiger partial charge in [0.2, 0.25) is 0 Å². The van der Waals surface area contributed by atoms with Crippen molar-refractivity contribution in [2.45, 2.75) is 19.8 Å². The van der Waals surface area contributed by atoms with Gasteiger partial charge in [-0.25, -0.2) is 0 Å². The van der Waals surface area contributed by atoms with Gasteiger partial charge in [0.15, 0.2) is 0 Å². The number of ether oxygens (including phenoxy) is 2. The Morgan fingerprint density at radius 2 is 2.25 bits per heavy atom. The Kier molecular flexibility index (Phi) is 2.73. The summed E-state index contributed by atoms with van der Waals surface area (Å²) in [4.78, 5) is 11.2. The predicted molar refractivity (Wildman–Crippen MR) is 44.7 cm³/mol. The van der Waals surface area contributed by atoms with Crippen LogP contribution in [0.5, 0.6) is 0 Å². The summed E-state index contributed by atoms with van der Waals surface area (Å²) in [5, 5.41) is 0. The van der Waals surface area contributed by atoms with Crippen molar-refractivity contribution < 1.29 is 14.3 Å². The van der Waals surface area contributed by atoms with E-state index < -0.39 is 0 Å². The van der Waals surface area contributed by atoms with Crippen LogP contribution in [0.1, 0.15) is 19.8 Å². The van der Waals surface area contributed by atoms with Crippen molar-refractivity contribution in [1.82, 2.24) is 0 Å². The summed E-state index contributed by atoms with van der Waals surface area (Å²) in [6.07, 6.45) is 1.91. The van der Waals surface area contributed by atoms with Gasteiger partial charge < -0.3 is 9.47 Å². The minimum Gasteiger partial charge on any atom is -0.469 e.